The number of ketones is 1. The Labute approximate surface area is 173 Å². The van der Waals surface area contributed by atoms with E-state index in [9.17, 15) is 9.59 Å². The van der Waals surface area contributed by atoms with Gasteiger partial charge in [0.1, 0.15) is 6.61 Å². The molecule has 0 saturated heterocycles. The SMILES string of the molecule is O=C(NC(Cc1c[nH]c2ccccc12)C(=O)C1CC=CS1)OCc1ccccc1. The maximum Gasteiger partial charge on any atom is 0.408 e. The monoisotopic (exact) mass is 406 g/mol. The van der Waals surface area contributed by atoms with Crippen LogP contribution in [-0.2, 0) is 22.6 Å². The molecule has 5 nitrogen and oxygen atoms in total. The molecule has 0 spiro atoms. The molecule has 1 aliphatic heterocycles. The van der Waals surface area contributed by atoms with E-state index < -0.39 is 12.1 Å². The Hall–Kier alpha value is -2.99. The van der Waals surface area contributed by atoms with Gasteiger partial charge >= 0.3 is 6.09 Å². The van der Waals surface area contributed by atoms with Crippen molar-refractivity contribution < 1.29 is 14.3 Å². The lowest BCUT2D eigenvalue weighted by Crippen LogP contribution is -2.45. The molecule has 0 bridgehead atoms. The van der Waals surface area contributed by atoms with Gasteiger partial charge in [-0.05, 0) is 29.0 Å². The maximum absolute atomic E-state index is 13.1. The van der Waals surface area contributed by atoms with Gasteiger partial charge in [0, 0.05) is 23.5 Å². The van der Waals surface area contributed by atoms with Crippen molar-refractivity contribution in [2.75, 3.05) is 0 Å². The minimum absolute atomic E-state index is 0.0157. The van der Waals surface area contributed by atoms with Gasteiger partial charge in [0.05, 0.1) is 11.3 Å². The second kappa shape index (κ2) is 9.01. The lowest BCUT2D eigenvalue weighted by molar-refractivity contribution is -0.120. The van der Waals surface area contributed by atoms with E-state index in [0.717, 1.165) is 22.0 Å². The predicted molar refractivity (Wildman–Crippen MR) is 116 cm³/mol. The summed E-state index contributed by atoms with van der Waals surface area (Å²) in [7, 11) is 0. The number of rotatable bonds is 7. The first-order valence-corrected chi connectivity index (χ1v) is 10.5. The summed E-state index contributed by atoms with van der Waals surface area (Å²) in [5, 5.41) is 5.64. The van der Waals surface area contributed by atoms with E-state index in [1.807, 2.05) is 72.3 Å². The average molecular weight is 407 g/mol. The van der Waals surface area contributed by atoms with Crippen molar-refractivity contribution in [1.82, 2.24) is 10.3 Å². The summed E-state index contributed by atoms with van der Waals surface area (Å²) in [6.07, 6.45) is 4.42. The first-order chi connectivity index (χ1) is 14.2. The highest BCUT2D eigenvalue weighted by atomic mass is 32.2. The van der Waals surface area contributed by atoms with Gasteiger partial charge in [0.25, 0.3) is 0 Å². The van der Waals surface area contributed by atoms with Crippen molar-refractivity contribution in [3.8, 4) is 0 Å². The lowest BCUT2D eigenvalue weighted by atomic mass is 9.99. The molecule has 4 rings (SSSR count). The second-order valence-corrected chi connectivity index (χ2v) is 8.07. The zero-order valence-corrected chi connectivity index (χ0v) is 16.7. The molecule has 2 aromatic carbocycles. The minimum atomic E-state index is -0.644. The molecule has 1 aliphatic rings. The van der Waals surface area contributed by atoms with Gasteiger partial charge in [-0.25, -0.2) is 4.79 Å². The zero-order chi connectivity index (χ0) is 20.1. The number of thioether (sulfide) groups is 1. The second-order valence-electron chi connectivity index (χ2n) is 6.96. The molecule has 0 fully saturated rings. The van der Waals surface area contributed by atoms with Crippen LogP contribution in [0, 0.1) is 0 Å². The number of carbonyl (C=O) groups excluding carboxylic acids is 2. The van der Waals surface area contributed by atoms with E-state index in [0.29, 0.717) is 12.8 Å². The molecule has 3 aromatic rings. The van der Waals surface area contributed by atoms with Crippen LogP contribution in [0.15, 0.2) is 72.3 Å². The van der Waals surface area contributed by atoms with Gasteiger partial charge in [-0.1, -0.05) is 54.6 Å². The average Bonchev–Trinajstić information content (AvgIpc) is 3.43. The fourth-order valence-electron chi connectivity index (χ4n) is 3.44. The number of ether oxygens (including phenoxy) is 1. The number of amides is 1. The molecule has 2 N–H and O–H groups in total. The van der Waals surface area contributed by atoms with E-state index >= 15 is 0 Å². The van der Waals surface area contributed by atoms with E-state index in [2.05, 4.69) is 10.3 Å². The third-order valence-electron chi connectivity index (χ3n) is 4.95. The number of alkyl carbamates (subject to hydrolysis) is 1. The van der Waals surface area contributed by atoms with Crippen LogP contribution in [0.2, 0.25) is 0 Å². The maximum atomic E-state index is 13.1. The van der Waals surface area contributed by atoms with Crippen LogP contribution >= 0.6 is 11.8 Å². The van der Waals surface area contributed by atoms with Crippen molar-refractivity contribution in [2.24, 2.45) is 0 Å². The topological polar surface area (TPSA) is 71.2 Å². The van der Waals surface area contributed by atoms with Crippen molar-refractivity contribution in [3.05, 3.63) is 83.4 Å². The van der Waals surface area contributed by atoms with Gasteiger partial charge in [-0.3, -0.25) is 4.79 Å². The first kappa shape index (κ1) is 19.3. The molecule has 0 saturated carbocycles. The summed E-state index contributed by atoms with van der Waals surface area (Å²) in [4.78, 5) is 28.7. The van der Waals surface area contributed by atoms with Crippen LogP contribution in [0.5, 0.6) is 0 Å². The lowest BCUT2D eigenvalue weighted by Gasteiger charge is -2.20. The highest BCUT2D eigenvalue weighted by Crippen LogP contribution is 2.27. The van der Waals surface area contributed by atoms with Gasteiger partial charge in [0.2, 0.25) is 0 Å². The van der Waals surface area contributed by atoms with Gasteiger partial charge < -0.3 is 15.0 Å². The number of allylic oxidation sites excluding steroid dienone is 1. The number of hydrogen-bond acceptors (Lipinski definition) is 4. The summed E-state index contributed by atoms with van der Waals surface area (Å²) < 4.78 is 5.35. The number of para-hydroxylation sites is 1. The molecule has 0 aliphatic carbocycles. The van der Waals surface area contributed by atoms with Gasteiger partial charge in [-0.15, -0.1) is 11.8 Å². The molecule has 29 heavy (non-hydrogen) atoms. The summed E-state index contributed by atoms with van der Waals surface area (Å²) in [6, 6.07) is 16.8. The Balaban J connectivity index is 1.47. The number of hydrogen-bond donors (Lipinski definition) is 2. The Morgan fingerprint density at radius 3 is 2.72 bits per heavy atom. The van der Waals surface area contributed by atoms with Crippen LogP contribution in [0.1, 0.15) is 17.5 Å². The standard InChI is InChI=1S/C23H22N2O3S/c26-22(21-11-6-12-29-21)20(13-17-14-24-19-10-5-4-9-18(17)19)25-23(27)28-15-16-7-2-1-3-8-16/h1-10,12,14,20-21,24H,11,13,15H2,(H,25,27). The van der Waals surface area contributed by atoms with E-state index in [1.165, 1.54) is 11.8 Å². The molecule has 2 heterocycles. The molecule has 6 heteroatoms. The number of carbonyl (C=O) groups is 2. The normalized spacial score (nSPS) is 16.6. The molecular formula is C23H22N2O3S. The van der Waals surface area contributed by atoms with Gasteiger partial charge in [0.15, 0.2) is 5.78 Å². The summed E-state index contributed by atoms with van der Waals surface area (Å²) in [5.41, 5.74) is 2.91. The van der Waals surface area contributed by atoms with Crippen molar-refractivity contribution in [3.63, 3.8) is 0 Å². The fourth-order valence-corrected chi connectivity index (χ4v) is 4.38. The van der Waals surface area contributed by atoms with E-state index in [-0.39, 0.29) is 17.6 Å². The Morgan fingerprint density at radius 2 is 1.93 bits per heavy atom. The fraction of sp³-hybridized carbons (Fsp3) is 0.217. The quantitative estimate of drug-likeness (QED) is 0.602. The number of aromatic nitrogens is 1. The Bertz CT molecular complexity index is 1020. The molecular weight excluding hydrogens is 384 g/mol. The number of benzene rings is 2. The summed E-state index contributed by atoms with van der Waals surface area (Å²) in [6.45, 7) is 0.167. The van der Waals surface area contributed by atoms with Crippen molar-refractivity contribution >= 4 is 34.5 Å². The number of nitrogens with one attached hydrogen (secondary N) is 2. The number of fused-ring (bicyclic) bond motifs is 1. The van der Waals surface area contributed by atoms with Crippen LogP contribution in [-0.4, -0.2) is 28.2 Å². The smallest absolute Gasteiger partial charge is 0.408 e. The summed E-state index contributed by atoms with van der Waals surface area (Å²) >= 11 is 1.50. The van der Waals surface area contributed by atoms with Crippen LogP contribution in [0.25, 0.3) is 10.9 Å². The largest absolute Gasteiger partial charge is 0.445 e. The zero-order valence-electron chi connectivity index (χ0n) is 15.8. The number of H-pyrrole nitrogens is 1. The molecule has 1 aromatic heterocycles. The first-order valence-electron chi connectivity index (χ1n) is 9.57. The number of Topliss-reactive ketones (excluding diaryl/α,β-unsaturated/α-hetero) is 1. The molecule has 148 valence electrons. The molecule has 2 unspecified atom stereocenters. The van der Waals surface area contributed by atoms with E-state index in [1.54, 1.807) is 0 Å². The number of aromatic amines is 1. The Kier molecular flexibility index (Phi) is 6.00. The molecule has 2 atom stereocenters. The highest BCUT2D eigenvalue weighted by Gasteiger charge is 2.30. The minimum Gasteiger partial charge on any atom is -0.445 e. The molecule has 1 amide bonds. The third kappa shape index (κ3) is 4.71. The van der Waals surface area contributed by atoms with Crippen molar-refractivity contribution in [2.45, 2.75) is 30.7 Å². The highest BCUT2D eigenvalue weighted by molar-refractivity contribution is 8.03. The van der Waals surface area contributed by atoms with Crippen molar-refractivity contribution in [1.29, 1.82) is 0 Å². The summed E-state index contributed by atoms with van der Waals surface area (Å²) in [5.74, 6) is 0.0157. The third-order valence-corrected chi connectivity index (χ3v) is 6.06. The van der Waals surface area contributed by atoms with Gasteiger partial charge in [-0.2, -0.15) is 0 Å². The van der Waals surface area contributed by atoms with Crippen LogP contribution in [0.4, 0.5) is 4.79 Å². The molecule has 0 radical (unpaired) electrons. The predicted octanol–water partition coefficient (Wildman–Crippen LogP) is 4.59. The Morgan fingerprint density at radius 1 is 1.14 bits per heavy atom. The van der Waals surface area contributed by atoms with Crippen LogP contribution < -0.4 is 5.32 Å². The van der Waals surface area contributed by atoms with E-state index in [4.69, 9.17) is 4.74 Å². The van der Waals surface area contributed by atoms with Crippen LogP contribution in [0.3, 0.4) is 0 Å².